The Hall–Kier alpha value is -3.31. The second kappa shape index (κ2) is 11.9. The summed E-state index contributed by atoms with van der Waals surface area (Å²) in [5.74, 6) is 1.58. The Morgan fingerprint density at radius 3 is 1.97 bits per heavy atom. The molecule has 0 fully saturated rings. The molecule has 0 aromatic heterocycles. The van der Waals surface area contributed by atoms with Crippen molar-refractivity contribution in [2.45, 2.75) is 32.8 Å². The van der Waals surface area contributed by atoms with Gasteiger partial charge in [0.15, 0.2) is 0 Å². The zero-order valence-corrected chi connectivity index (χ0v) is 18.9. The monoisotopic (exact) mass is 434 g/mol. The average Bonchev–Trinajstić information content (AvgIpc) is 2.83. The van der Waals surface area contributed by atoms with Gasteiger partial charge in [0.1, 0.15) is 23.4 Å². The van der Waals surface area contributed by atoms with E-state index in [2.05, 4.69) is 6.92 Å². The molecule has 32 heavy (non-hydrogen) atoms. The lowest BCUT2D eigenvalue weighted by Gasteiger charge is -2.15. The maximum atomic E-state index is 12.5. The largest absolute Gasteiger partial charge is 0.497 e. The van der Waals surface area contributed by atoms with E-state index in [9.17, 15) is 4.79 Å². The topological polar surface area (TPSA) is 54.0 Å². The molecular formula is C27H30O5. The molecule has 3 aromatic carbocycles. The Morgan fingerprint density at radius 1 is 0.812 bits per heavy atom. The van der Waals surface area contributed by atoms with Gasteiger partial charge in [-0.1, -0.05) is 37.6 Å². The Balaban J connectivity index is 1.52. The van der Waals surface area contributed by atoms with Crippen LogP contribution >= 0.6 is 0 Å². The minimum Gasteiger partial charge on any atom is -0.497 e. The third kappa shape index (κ3) is 6.86. The quantitative estimate of drug-likeness (QED) is 0.205. The number of esters is 1. The lowest BCUT2D eigenvalue weighted by atomic mass is 10.0. The van der Waals surface area contributed by atoms with E-state index in [0.29, 0.717) is 23.7 Å². The number of benzene rings is 3. The van der Waals surface area contributed by atoms with Crippen molar-refractivity contribution in [3.8, 4) is 28.4 Å². The first-order chi connectivity index (χ1) is 15.6. The number of methoxy groups -OCH3 is 1. The smallest absolute Gasteiger partial charge is 0.343 e. The van der Waals surface area contributed by atoms with Gasteiger partial charge in [0.25, 0.3) is 0 Å². The highest BCUT2D eigenvalue weighted by molar-refractivity contribution is 5.91. The van der Waals surface area contributed by atoms with Gasteiger partial charge in [-0.15, -0.1) is 0 Å². The van der Waals surface area contributed by atoms with Crippen LogP contribution in [0.25, 0.3) is 11.1 Å². The minimum atomic E-state index is -0.405. The van der Waals surface area contributed by atoms with Crippen LogP contribution in [0.15, 0.2) is 72.8 Å². The van der Waals surface area contributed by atoms with Crippen LogP contribution < -0.4 is 14.2 Å². The maximum Gasteiger partial charge on any atom is 0.343 e. The lowest BCUT2D eigenvalue weighted by molar-refractivity contribution is 0.0571. The van der Waals surface area contributed by atoms with Crippen LogP contribution in [0.4, 0.5) is 0 Å². The summed E-state index contributed by atoms with van der Waals surface area (Å²) in [5.41, 5.74) is 2.55. The van der Waals surface area contributed by atoms with E-state index in [-0.39, 0.29) is 6.10 Å². The number of unbranched alkanes of at least 4 members (excludes halogenated alkanes) is 1. The summed E-state index contributed by atoms with van der Waals surface area (Å²) in [4.78, 5) is 12.5. The SMILES string of the molecule is CCCCOCC(C)Oc1ccc(OC(=O)c2ccc(-c3ccc(OC)cc3)cc2)cc1. The fraction of sp³-hybridized carbons (Fsp3) is 0.296. The van der Waals surface area contributed by atoms with Crippen molar-refractivity contribution < 1.29 is 23.7 Å². The van der Waals surface area contributed by atoms with Crippen LogP contribution in [0.1, 0.15) is 37.0 Å². The van der Waals surface area contributed by atoms with Crippen molar-refractivity contribution >= 4 is 5.97 Å². The number of hydrogen-bond donors (Lipinski definition) is 0. The molecule has 0 heterocycles. The summed E-state index contributed by atoms with van der Waals surface area (Å²) >= 11 is 0. The summed E-state index contributed by atoms with van der Waals surface area (Å²) < 4.78 is 22.1. The Labute approximate surface area is 189 Å². The van der Waals surface area contributed by atoms with Gasteiger partial charge in [-0.3, -0.25) is 0 Å². The van der Waals surface area contributed by atoms with E-state index < -0.39 is 5.97 Å². The summed E-state index contributed by atoms with van der Waals surface area (Å²) in [6, 6.07) is 22.1. The van der Waals surface area contributed by atoms with Gasteiger partial charge in [-0.2, -0.15) is 0 Å². The van der Waals surface area contributed by atoms with Crippen molar-refractivity contribution in [3.05, 3.63) is 78.4 Å². The zero-order chi connectivity index (χ0) is 22.8. The standard InChI is InChI=1S/C27H30O5/c1-4-5-18-30-19-20(2)31-25-14-16-26(17-15-25)32-27(28)23-8-6-21(7-9-23)22-10-12-24(29-3)13-11-22/h6-17,20H,4-5,18-19H2,1-3H3. The number of carbonyl (C=O) groups is 1. The molecule has 3 rings (SSSR count). The van der Waals surface area contributed by atoms with Crippen LogP contribution in [0.2, 0.25) is 0 Å². The van der Waals surface area contributed by atoms with Crippen LogP contribution in [0.5, 0.6) is 17.2 Å². The van der Waals surface area contributed by atoms with Gasteiger partial charge in [0, 0.05) is 6.61 Å². The van der Waals surface area contributed by atoms with Crippen molar-refractivity contribution in [3.63, 3.8) is 0 Å². The molecule has 0 saturated carbocycles. The van der Waals surface area contributed by atoms with Crippen molar-refractivity contribution in [2.75, 3.05) is 20.3 Å². The second-order valence-electron chi connectivity index (χ2n) is 7.52. The molecule has 3 aromatic rings. The average molecular weight is 435 g/mol. The molecule has 1 atom stereocenters. The van der Waals surface area contributed by atoms with Crippen LogP contribution in [-0.4, -0.2) is 32.4 Å². The normalized spacial score (nSPS) is 11.6. The number of carbonyl (C=O) groups excluding carboxylic acids is 1. The Morgan fingerprint density at radius 2 is 1.38 bits per heavy atom. The van der Waals surface area contributed by atoms with E-state index in [1.165, 1.54) is 0 Å². The number of ether oxygens (including phenoxy) is 4. The van der Waals surface area contributed by atoms with Gasteiger partial charge >= 0.3 is 5.97 Å². The first kappa shape index (κ1) is 23.4. The molecular weight excluding hydrogens is 404 g/mol. The minimum absolute atomic E-state index is 0.0514. The summed E-state index contributed by atoms with van der Waals surface area (Å²) in [6.07, 6.45) is 2.11. The third-order valence-electron chi connectivity index (χ3n) is 4.91. The fourth-order valence-corrected chi connectivity index (χ4v) is 3.10. The molecule has 0 bridgehead atoms. The number of hydrogen-bond acceptors (Lipinski definition) is 5. The van der Waals surface area contributed by atoms with Crippen molar-refractivity contribution in [2.24, 2.45) is 0 Å². The third-order valence-corrected chi connectivity index (χ3v) is 4.91. The molecule has 1 unspecified atom stereocenters. The van der Waals surface area contributed by atoms with Gasteiger partial charge in [-0.25, -0.2) is 4.79 Å². The van der Waals surface area contributed by atoms with E-state index in [1.54, 1.807) is 43.5 Å². The molecule has 168 valence electrons. The highest BCUT2D eigenvalue weighted by Crippen LogP contribution is 2.24. The zero-order valence-electron chi connectivity index (χ0n) is 18.9. The van der Waals surface area contributed by atoms with Crippen molar-refractivity contribution in [1.82, 2.24) is 0 Å². The molecule has 0 N–H and O–H groups in total. The number of rotatable bonds is 11. The molecule has 0 spiro atoms. The highest BCUT2D eigenvalue weighted by atomic mass is 16.5. The van der Waals surface area contributed by atoms with Crippen LogP contribution in [0.3, 0.4) is 0 Å². The summed E-state index contributed by atoms with van der Waals surface area (Å²) in [7, 11) is 1.64. The van der Waals surface area contributed by atoms with E-state index in [1.807, 2.05) is 43.3 Å². The predicted octanol–water partition coefficient (Wildman–Crippen LogP) is 6.17. The fourth-order valence-electron chi connectivity index (χ4n) is 3.10. The lowest BCUT2D eigenvalue weighted by Crippen LogP contribution is -2.19. The van der Waals surface area contributed by atoms with Gasteiger partial charge in [0.05, 0.1) is 19.3 Å². The van der Waals surface area contributed by atoms with Gasteiger partial charge < -0.3 is 18.9 Å². The second-order valence-corrected chi connectivity index (χ2v) is 7.52. The first-order valence-electron chi connectivity index (χ1n) is 10.9. The van der Waals surface area contributed by atoms with Gasteiger partial charge in [-0.05, 0) is 73.0 Å². The maximum absolute atomic E-state index is 12.5. The molecule has 0 saturated heterocycles. The molecule has 0 amide bonds. The summed E-state index contributed by atoms with van der Waals surface area (Å²) in [5, 5.41) is 0. The van der Waals surface area contributed by atoms with E-state index >= 15 is 0 Å². The molecule has 0 radical (unpaired) electrons. The summed E-state index contributed by atoms with van der Waals surface area (Å²) in [6.45, 7) is 5.40. The molecule has 5 heteroatoms. The van der Waals surface area contributed by atoms with Crippen LogP contribution in [0, 0.1) is 0 Å². The first-order valence-corrected chi connectivity index (χ1v) is 10.9. The Bertz CT molecular complexity index is 962. The highest BCUT2D eigenvalue weighted by Gasteiger charge is 2.10. The molecule has 5 nitrogen and oxygen atoms in total. The van der Waals surface area contributed by atoms with E-state index in [0.717, 1.165) is 36.3 Å². The van der Waals surface area contributed by atoms with E-state index in [4.69, 9.17) is 18.9 Å². The molecule has 0 aliphatic heterocycles. The van der Waals surface area contributed by atoms with Crippen molar-refractivity contribution in [1.29, 1.82) is 0 Å². The molecule has 0 aliphatic rings. The predicted molar refractivity (Wildman–Crippen MR) is 126 cm³/mol. The Kier molecular flexibility index (Phi) is 8.70. The molecule has 0 aliphatic carbocycles. The van der Waals surface area contributed by atoms with Gasteiger partial charge in [0.2, 0.25) is 0 Å². The van der Waals surface area contributed by atoms with Crippen LogP contribution in [-0.2, 0) is 4.74 Å².